The van der Waals surface area contributed by atoms with E-state index in [1.54, 1.807) is 6.33 Å². The molecular formula is C20H23N5O. The highest BCUT2D eigenvalue weighted by Gasteiger charge is 2.24. The van der Waals surface area contributed by atoms with Crippen LogP contribution in [0.1, 0.15) is 28.3 Å². The summed E-state index contributed by atoms with van der Waals surface area (Å²) in [6.45, 7) is 5.42. The summed E-state index contributed by atoms with van der Waals surface area (Å²) in [5.41, 5.74) is 3.43. The van der Waals surface area contributed by atoms with Crippen LogP contribution in [-0.4, -0.2) is 45.4 Å². The predicted molar refractivity (Wildman–Crippen MR) is 101 cm³/mol. The number of nitrogens with one attached hydrogen (secondary N) is 2. The SMILES string of the molecule is Cc1[nH]cnc1C(=O)NCC1CCN(Cc2ccc3ccccc3n2)C1. The van der Waals surface area contributed by atoms with Gasteiger partial charge in [0.2, 0.25) is 0 Å². The van der Waals surface area contributed by atoms with Gasteiger partial charge in [-0.25, -0.2) is 4.98 Å². The highest BCUT2D eigenvalue weighted by molar-refractivity contribution is 5.93. The van der Waals surface area contributed by atoms with Crippen LogP contribution >= 0.6 is 0 Å². The van der Waals surface area contributed by atoms with Crippen molar-refractivity contribution < 1.29 is 4.79 Å². The molecule has 1 unspecified atom stereocenters. The number of rotatable bonds is 5. The molecule has 1 aliphatic rings. The lowest BCUT2D eigenvalue weighted by Gasteiger charge is -2.16. The molecule has 1 aromatic carbocycles. The van der Waals surface area contributed by atoms with E-state index >= 15 is 0 Å². The lowest BCUT2D eigenvalue weighted by atomic mass is 10.1. The number of amides is 1. The number of fused-ring (bicyclic) bond motifs is 1. The summed E-state index contributed by atoms with van der Waals surface area (Å²) in [7, 11) is 0. The summed E-state index contributed by atoms with van der Waals surface area (Å²) in [4.78, 5) is 26.3. The molecule has 2 N–H and O–H groups in total. The van der Waals surface area contributed by atoms with Crippen molar-refractivity contribution in [3.8, 4) is 0 Å². The Morgan fingerprint density at radius 3 is 3.04 bits per heavy atom. The molecule has 6 heteroatoms. The molecule has 1 amide bonds. The van der Waals surface area contributed by atoms with Crippen LogP contribution in [0.2, 0.25) is 0 Å². The van der Waals surface area contributed by atoms with Gasteiger partial charge in [0.15, 0.2) is 0 Å². The van der Waals surface area contributed by atoms with Crippen molar-refractivity contribution in [2.24, 2.45) is 5.92 Å². The molecule has 0 bridgehead atoms. The van der Waals surface area contributed by atoms with E-state index in [1.165, 1.54) is 5.39 Å². The van der Waals surface area contributed by atoms with Crippen LogP contribution in [0, 0.1) is 12.8 Å². The van der Waals surface area contributed by atoms with Crippen LogP contribution in [0.4, 0.5) is 0 Å². The first-order valence-corrected chi connectivity index (χ1v) is 9.04. The molecular weight excluding hydrogens is 326 g/mol. The summed E-state index contributed by atoms with van der Waals surface area (Å²) in [6.07, 6.45) is 2.64. The Morgan fingerprint density at radius 1 is 1.31 bits per heavy atom. The average Bonchev–Trinajstić information content (AvgIpc) is 3.28. The van der Waals surface area contributed by atoms with Crippen molar-refractivity contribution in [3.63, 3.8) is 0 Å². The van der Waals surface area contributed by atoms with E-state index in [2.05, 4.69) is 44.5 Å². The number of carbonyl (C=O) groups is 1. The quantitative estimate of drug-likeness (QED) is 0.742. The predicted octanol–water partition coefficient (Wildman–Crippen LogP) is 2.52. The molecule has 26 heavy (non-hydrogen) atoms. The molecule has 3 heterocycles. The number of likely N-dealkylation sites (tertiary alicyclic amines) is 1. The van der Waals surface area contributed by atoms with Gasteiger partial charge in [0.1, 0.15) is 5.69 Å². The van der Waals surface area contributed by atoms with E-state index in [1.807, 2.05) is 19.1 Å². The Hall–Kier alpha value is -2.73. The van der Waals surface area contributed by atoms with Gasteiger partial charge in [0, 0.05) is 30.7 Å². The van der Waals surface area contributed by atoms with Crippen LogP contribution in [0.3, 0.4) is 0 Å². The molecule has 4 rings (SSSR count). The number of carbonyl (C=O) groups excluding carboxylic acids is 1. The molecule has 1 atom stereocenters. The number of hydrogen-bond acceptors (Lipinski definition) is 4. The molecule has 1 aliphatic heterocycles. The minimum Gasteiger partial charge on any atom is -0.350 e. The molecule has 0 saturated carbocycles. The Morgan fingerprint density at radius 2 is 2.19 bits per heavy atom. The summed E-state index contributed by atoms with van der Waals surface area (Å²) >= 11 is 0. The number of imidazole rings is 1. The average molecular weight is 349 g/mol. The van der Waals surface area contributed by atoms with Crippen LogP contribution < -0.4 is 5.32 Å². The molecule has 1 fully saturated rings. The maximum Gasteiger partial charge on any atom is 0.271 e. The summed E-state index contributed by atoms with van der Waals surface area (Å²) in [5.74, 6) is 0.372. The number of aromatic nitrogens is 3. The Balaban J connectivity index is 1.30. The molecule has 1 saturated heterocycles. The second-order valence-corrected chi connectivity index (χ2v) is 6.97. The van der Waals surface area contributed by atoms with Gasteiger partial charge >= 0.3 is 0 Å². The number of benzene rings is 1. The highest BCUT2D eigenvalue weighted by Crippen LogP contribution is 2.19. The first kappa shape index (κ1) is 16.7. The second kappa shape index (κ2) is 7.25. The van der Waals surface area contributed by atoms with Crippen molar-refractivity contribution in [2.75, 3.05) is 19.6 Å². The normalized spacial score (nSPS) is 17.7. The Labute approximate surface area is 152 Å². The van der Waals surface area contributed by atoms with Gasteiger partial charge in [0.25, 0.3) is 5.91 Å². The maximum atomic E-state index is 12.2. The zero-order valence-electron chi connectivity index (χ0n) is 14.9. The lowest BCUT2D eigenvalue weighted by molar-refractivity contribution is 0.0942. The van der Waals surface area contributed by atoms with E-state index in [-0.39, 0.29) is 5.91 Å². The van der Waals surface area contributed by atoms with Crippen molar-refractivity contribution in [3.05, 3.63) is 59.8 Å². The fourth-order valence-electron chi connectivity index (χ4n) is 3.56. The van der Waals surface area contributed by atoms with E-state index in [4.69, 9.17) is 4.98 Å². The first-order valence-electron chi connectivity index (χ1n) is 9.04. The Bertz CT molecular complexity index is 919. The summed E-state index contributed by atoms with van der Waals surface area (Å²) < 4.78 is 0. The largest absolute Gasteiger partial charge is 0.350 e. The first-order chi connectivity index (χ1) is 12.7. The zero-order valence-corrected chi connectivity index (χ0v) is 14.9. The molecule has 134 valence electrons. The smallest absolute Gasteiger partial charge is 0.271 e. The number of para-hydroxylation sites is 1. The van der Waals surface area contributed by atoms with Crippen LogP contribution in [0.15, 0.2) is 42.7 Å². The van der Waals surface area contributed by atoms with Gasteiger partial charge in [-0.05, 0) is 37.9 Å². The van der Waals surface area contributed by atoms with Crippen molar-refractivity contribution >= 4 is 16.8 Å². The topological polar surface area (TPSA) is 73.9 Å². The molecule has 0 radical (unpaired) electrons. The van der Waals surface area contributed by atoms with Gasteiger partial charge in [-0.2, -0.15) is 0 Å². The lowest BCUT2D eigenvalue weighted by Crippen LogP contribution is -2.31. The third-order valence-corrected chi connectivity index (χ3v) is 5.01. The minimum atomic E-state index is -0.0987. The molecule has 6 nitrogen and oxygen atoms in total. The number of H-pyrrole nitrogens is 1. The monoisotopic (exact) mass is 349 g/mol. The van der Waals surface area contributed by atoms with Crippen LogP contribution in [0.25, 0.3) is 10.9 Å². The van der Waals surface area contributed by atoms with Crippen molar-refractivity contribution in [1.82, 2.24) is 25.2 Å². The van der Waals surface area contributed by atoms with E-state index in [9.17, 15) is 4.79 Å². The standard InChI is InChI=1S/C20H23N5O/c1-14-19(23-13-22-14)20(26)21-10-15-8-9-25(11-15)12-17-7-6-16-4-2-3-5-18(16)24-17/h2-7,13,15H,8-12H2,1H3,(H,21,26)(H,22,23). The fourth-order valence-corrected chi connectivity index (χ4v) is 3.56. The summed E-state index contributed by atoms with van der Waals surface area (Å²) in [6, 6.07) is 12.4. The maximum absolute atomic E-state index is 12.2. The van der Waals surface area contributed by atoms with Crippen molar-refractivity contribution in [1.29, 1.82) is 0 Å². The van der Waals surface area contributed by atoms with Crippen molar-refractivity contribution in [2.45, 2.75) is 19.9 Å². The number of hydrogen-bond donors (Lipinski definition) is 2. The summed E-state index contributed by atoms with van der Waals surface area (Å²) in [5, 5.41) is 4.19. The van der Waals surface area contributed by atoms with Crippen LogP contribution in [-0.2, 0) is 6.54 Å². The zero-order chi connectivity index (χ0) is 17.9. The Kier molecular flexibility index (Phi) is 4.67. The number of nitrogens with zero attached hydrogens (tertiary/aromatic N) is 3. The van der Waals surface area contributed by atoms with Gasteiger partial charge < -0.3 is 10.3 Å². The molecule has 0 aliphatic carbocycles. The van der Waals surface area contributed by atoms with Gasteiger partial charge in [-0.15, -0.1) is 0 Å². The number of aryl methyl sites for hydroxylation is 1. The van der Waals surface area contributed by atoms with Gasteiger partial charge in [-0.1, -0.05) is 24.3 Å². The highest BCUT2D eigenvalue weighted by atomic mass is 16.1. The minimum absolute atomic E-state index is 0.0987. The van der Waals surface area contributed by atoms with Gasteiger partial charge in [-0.3, -0.25) is 14.7 Å². The number of pyridine rings is 1. The molecule has 3 aromatic rings. The number of aromatic amines is 1. The van der Waals surface area contributed by atoms with E-state index in [0.29, 0.717) is 18.2 Å². The fraction of sp³-hybridized carbons (Fsp3) is 0.350. The second-order valence-electron chi connectivity index (χ2n) is 6.97. The third kappa shape index (κ3) is 3.60. The van der Waals surface area contributed by atoms with E-state index in [0.717, 1.165) is 43.0 Å². The van der Waals surface area contributed by atoms with Crippen LogP contribution in [0.5, 0.6) is 0 Å². The molecule has 0 spiro atoms. The molecule has 2 aromatic heterocycles. The van der Waals surface area contributed by atoms with Gasteiger partial charge in [0.05, 0.1) is 17.5 Å². The van der Waals surface area contributed by atoms with E-state index < -0.39 is 0 Å². The third-order valence-electron chi connectivity index (χ3n) is 5.01.